The smallest absolute Gasteiger partial charge is 0.411 e. The minimum Gasteiger partial charge on any atom is -0.449 e. The molecule has 0 radical (unpaired) electrons. The number of halogens is 1. The zero-order valence-corrected chi connectivity index (χ0v) is 20.3. The minimum absolute atomic E-state index is 0.0782. The summed E-state index contributed by atoms with van der Waals surface area (Å²) in [6.07, 6.45) is 2.05. The normalized spacial score (nSPS) is 15.8. The average Bonchev–Trinajstić information content (AvgIpc) is 2.74. The molecule has 33 heavy (non-hydrogen) atoms. The fourth-order valence-electron chi connectivity index (χ4n) is 3.32. The fraction of sp³-hybridized carbons (Fsp3) is 0.360. The molecule has 7 nitrogen and oxygen atoms in total. The highest BCUT2D eigenvalue weighted by molar-refractivity contribution is 6.31. The predicted octanol–water partition coefficient (Wildman–Crippen LogP) is 4.66. The second-order valence-corrected chi connectivity index (χ2v) is 9.65. The third kappa shape index (κ3) is 7.51. The second kappa shape index (κ2) is 10.7. The van der Waals surface area contributed by atoms with Gasteiger partial charge >= 0.3 is 6.09 Å². The van der Waals surface area contributed by atoms with Crippen LogP contribution in [0.25, 0.3) is 5.70 Å². The number of carbonyl (C=O) groups is 1. The molecule has 3 rings (SSSR count). The summed E-state index contributed by atoms with van der Waals surface area (Å²) >= 11 is 6.27. The first-order valence-corrected chi connectivity index (χ1v) is 11.3. The van der Waals surface area contributed by atoms with Crippen molar-refractivity contribution in [2.24, 2.45) is 16.1 Å². The molecule has 1 aliphatic heterocycles. The van der Waals surface area contributed by atoms with E-state index in [4.69, 9.17) is 22.1 Å². The van der Waals surface area contributed by atoms with Crippen molar-refractivity contribution in [3.63, 3.8) is 0 Å². The molecule has 0 aliphatic carbocycles. The summed E-state index contributed by atoms with van der Waals surface area (Å²) in [5.74, 6) is 0.351. The summed E-state index contributed by atoms with van der Waals surface area (Å²) in [7, 11) is 0. The lowest BCUT2D eigenvalue weighted by Crippen LogP contribution is -2.40. The molecule has 5 N–H and O–H groups in total. The Morgan fingerprint density at radius 2 is 2.00 bits per heavy atom. The Morgan fingerprint density at radius 1 is 1.24 bits per heavy atom. The van der Waals surface area contributed by atoms with E-state index in [0.717, 1.165) is 28.8 Å². The number of anilines is 1. The van der Waals surface area contributed by atoms with Crippen molar-refractivity contribution >= 4 is 35.0 Å². The van der Waals surface area contributed by atoms with E-state index in [1.165, 1.54) is 0 Å². The van der Waals surface area contributed by atoms with Gasteiger partial charge in [0.05, 0.1) is 6.61 Å². The van der Waals surface area contributed by atoms with Gasteiger partial charge in [-0.1, -0.05) is 56.6 Å². The fourth-order valence-corrected chi connectivity index (χ4v) is 3.50. The van der Waals surface area contributed by atoms with E-state index >= 15 is 0 Å². The number of rotatable bonds is 7. The van der Waals surface area contributed by atoms with Crippen LogP contribution >= 0.6 is 11.6 Å². The monoisotopic (exact) mass is 469 g/mol. The number of nitrogens with zero attached hydrogens (tertiary/aromatic N) is 1. The van der Waals surface area contributed by atoms with Gasteiger partial charge in [-0.05, 0) is 54.2 Å². The molecule has 0 spiro atoms. The van der Waals surface area contributed by atoms with Crippen molar-refractivity contribution in [1.82, 2.24) is 10.6 Å². The molecule has 176 valence electrons. The third-order valence-corrected chi connectivity index (χ3v) is 5.41. The maximum absolute atomic E-state index is 12.0. The van der Waals surface area contributed by atoms with Crippen LogP contribution in [0.4, 0.5) is 10.5 Å². The molecule has 1 amide bonds. The molecule has 2 aromatic rings. The maximum Gasteiger partial charge on any atom is 0.411 e. The lowest BCUT2D eigenvalue weighted by Gasteiger charge is -2.22. The van der Waals surface area contributed by atoms with E-state index in [0.29, 0.717) is 29.8 Å². The molecular weight excluding hydrogens is 438 g/mol. The Hall–Kier alpha value is -3.03. The highest BCUT2D eigenvalue weighted by Crippen LogP contribution is 2.25. The second-order valence-electron chi connectivity index (χ2n) is 9.24. The lowest BCUT2D eigenvalue weighted by atomic mass is 9.99. The van der Waals surface area contributed by atoms with E-state index in [2.05, 4.69) is 20.9 Å². The van der Waals surface area contributed by atoms with Crippen LogP contribution < -0.4 is 21.7 Å². The summed E-state index contributed by atoms with van der Waals surface area (Å²) < 4.78 is 5.27. The number of carbonyl (C=O) groups excluding carboxylic acids is 1. The average molecular weight is 470 g/mol. The number of aliphatic imine (C=N–C) groups is 1. The third-order valence-electron chi connectivity index (χ3n) is 5.00. The van der Waals surface area contributed by atoms with E-state index in [9.17, 15) is 4.79 Å². The molecule has 0 saturated carbocycles. The summed E-state index contributed by atoms with van der Waals surface area (Å²) in [4.78, 5) is 16.4. The zero-order valence-electron chi connectivity index (χ0n) is 19.5. The Bertz CT molecular complexity index is 1060. The largest absolute Gasteiger partial charge is 0.449 e. The molecule has 1 atom stereocenters. The standard InChI is InChI=1S/C25H32ClN5O2/c1-16-19(9-6-10-20(16)26)21-14-22(31-23(27)30-21)28-12-11-17-7-5-8-18(13-17)29-24(32)33-15-25(2,3)4/h5-10,13-14,22,28H,11-12,15H2,1-4H3,(H,29,32)(H3,27,30,31). The molecule has 2 aromatic carbocycles. The molecule has 1 heterocycles. The number of amides is 1. The lowest BCUT2D eigenvalue weighted by molar-refractivity contribution is 0.118. The molecule has 1 aliphatic rings. The van der Waals surface area contributed by atoms with Crippen LogP contribution in [-0.4, -0.2) is 31.4 Å². The van der Waals surface area contributed by atoms with Crippen LogP contribution in [0.5, 0.6) is 0 Å². The van der Waals surface area contributed by atoms with Crippen LogP contribution in [0.2, 0.25) is 5.02 Å². The summed E-state index contributed by atoms with van der Waals surface area (Å²) in [6.45, 7) is 9.06. The van der Waals surface area contributed by atoms with Crippen molar-refractivity contribution in [2.45, 2.75) is 40.3 Å². The SMILES string of the molecule is Cc1c(Cl)cccc1C1=CC(NCCc2cccc(NC(=O)OCC(C)(C)C)c2)N=C(N)N1. The Kier molecular flexibility index (Phi) is 8.00. The van der Waals surface area contributed by atoms with E-state index < -0.39 is 6.09 Å². The summed E-state index contributed by atoms with van der Waals surface area (Å²) in [6, 6.07) is 13.5. The number of nitrogens with one attached hydrogen (secondary N) is 3. The molecular formula is C25H32ClN5O2. The first-order valence-electron chi connectivity index (χ1n) is 10.9. The molecule has 8 heteroatoms. The van der Waals surface area contributed by atoms with Gasteiger partial charge in [0.25, 0.3) is 0 Å². The first kappa shape index (κ1) is 24.6. The van der Waals surface area contributed by atoms with Crippen molar-refractivity contribution < 1.29 is 9.53 Å². The van der Waals surface area contributed by atoms with Crippen molar-refractivity contribution in [1.29, 1.82) is 0 Å². The highest BCUT2D eigenvalue weighted by Gasteiger charge is 2.17. The van der Waals surface area contributed by atoms with Gasteiger partial charge in [0, 0.05) is 28.5 Å². The maximum atomic E-state index is 12.0. The van der Waals surface area contributed by atoms with Crippen LogP contribution in [0.3, 0.4) is 0 Å². The summed E-state index contributed by atoms with van der Waals surface area (Å²) in [5, 5.41) is 10.0. The number of ether oxygens (including phenoxy) is 1. The van der Waals surface area contributed by atoms with E-state index in [-0.39, 0.29) is 11.6 Å². The van der Waals surface area contributed by atoms with Gasteiger partial charge in [-0.25, -0.2) is 9.79 Å². The van der Waals surface area contributed by atoms with Crippen molar-refractivity contribution in [3.05, 3.63) is 70.3 Å². The van der Waals surface area contributed by atoms with Crippen LogP contribution in [-0.2, 0) is 11.2 Å². The van der Waals surface area contributed by atoms with E-state index in [1.807, 2.05) is 76.2 Å². The van der Waals surface area contributed by atoms with Gasteiger partial charge < -0.3 is 15.8 Å². The zero-order chi connectivity index (χ0) is 24.0. The molecule has 1 unspecified atom stereocenters. The number of benzene rings is 2. The van der Waals surface area contributed by atoms with Gasteiger partial charge in [-0.15, -0.1) is 0 Å². The Morgan fingerprint density at radius 3 is 2.76 bits per heavy atom. The number of hydrogen-bond donors (Lipinski definition) is 4. The predicted molar refractivity (Wildman–Crippen MR) is 135 cm³/mol. The van der Waals surface area contributed by atoms with Gasteiger partial charge in [0.15, 0.2) is 5.96 Å². The van der Waals surface area contributed by atoms with Gasteiger partial charge in [-0.3, -0.25) is 10.6 Å². The molecule has 0 bridgehead atoms. The van der Waals surface area contributed by atoms with Crippen molar-refractivity contribution in [3.8, 4) is 0 Å². The topological polar surface area (TPSA) is 101 Å². The Balaban J connectivity index is 1.57. The minimum atomic E-state index is -0.450. The summed E-state index contributed by atoms with van der Waals surface area (Å²) in [5.41, 5.74) is 10.6. The van der Waals surface area contributed by atoms with Gasteiger partial charge in [-0.2, -0.15) is 0 Å². The van der Waals surface area contributed by atoms with Gasteiger partial charge in [0.1, 0.15) is 6.17 Å². The van der Waals surface area contributed by atoms with Crippen LogP contribution in [0, 0.1) is 12.3 Å². The molecule has 0 fully saturated rings. The highest BCUT2D eigenvalue weighted by atomic mass is 35.5. The first-order chi connectivity index (χ1) is 15.6. The Labute approximate surface area is 200 Å². The van der Waals surface area contributed by atoms with Gasteiger partial charge in [0.2, 0.25) is 0 Å². The number of hydrogen-bond acceptors (Lipinski definition) is 6. The molecule has 0 saturated heterocycles. The van der Waals surface area contributed by atoms with Crippen LogP contribution in [0.15, 0.2) is 53.5 Å². The molecule has 0 aromatic heterocycles. The van der Waals surface area contributed by atoms with Crippen LogP contribution in [0.1, 0.15) is 37.5 Å². The number of guanidine groups is 1. The van der Waals surface area contributed by atoms with E-state index in [1.54, 1.807) is 0 Å². The number of nitrogens with two attached hydrogens (primary N) is 1. The van der Waals surface area contributed by atoms with Crippen molar-refractivity contribution in [2.75, 3.05) is 18.5 Å². The quantitative estimate of drug-likeness (QED) is 0.472.